The molecule has 0 saturated carbocycles. The predicted molar refractivity (Wildman–Crippen MR) is 111 cm³/mol. The van der Waals surface area contributed by atoms with Crippen LogP contribution in [0.15, 0.2) is 59.0 Å². The second-order valence-electron chi connectivity index (χ2n) is 6.78. The molecule has 3 rings (SSSR count). The largest absolute Gasteiger partial charge is 0.465 e. The number of fused-ring (bicyclic) bond motifs is 1. The number of Topliss-reactive ketones (excluding diaryl/α,β-unsaturated/α-hetero) is 1. The van der Waals surface area contributed by atoms with Crippen LogP contribution in [0.4, 0.5) is 0 Å². The van der Waals surface area contributed by atoms with Gasteiger partial charge >= 0.3 is 11.9 Å². The highest BCUT2D eigenvalue weighted by atomic mass is 16.6. The Morgan fingerprint density at radius 1 is 0.867 bits per heavy atom. The Labute approximate surface area is 174 Å². The number of rotatable bonds is 9. The van der Waals surface area contributed by atoms with E-state index < -0.39 is 17.9 Å². The zero-order valence-electron chi connectivity index (χ0n) is 17.1. The van der Waals surface area contributed by atoms with Gasteiger partial charge in [-0.05, 0) is 43.5 Å². The fourth-order valence-corrected chi connectivity index (χ4v) is 3.28. The normalized spacial score (nSPS) is 10.9. The van der Waals surface area contributed by atoms with Crippen molar-refractivity contribution in [3.63, 3.8) is 0 Å². The van der Waals surface area contributed by atoms with Gasteiger partial charge in [0.05, 0.1) is 13.2 Å². The van der Waals surface area contributed by atoms with E-state index in [9.17, 15) is 14.4 Å². The summed E-state index contributed by atoms with van der Waals surface area (Å²) in [6.45, 7) is 3.70. The van der Waals surface area contributed by atoms with Crippen LogP contribution in [-0.2, 0) is 31.9 Å². The number of esters is 2. The van der Waals surface area contributed by atoms with E-state index in [2.05, 4.69) is 0 Å². The van der Waals surface area contributed by atoms with Gasteiger partial charge in [-0.1, -0.05) is 42.5 Å². The number of benzene rings is 2. The Kier molecular flexibility index (Phi) is 7.01. The molecule has 156 valence electrons. The zero-order chi connectivity index (χ0) is 21.5. The summed E-state index contributed by atoms with van der Waals surface area (Å²) in [5.74, 6) is -2.24. The highest BCUT2D eigenvalue weighted by Crippen LogP contribution is 2.22. The van der Waals surface area contributed by atoms with Crippen molar-refractivity contribution >= 4 is 28.7 Å². The van der Waals surface area contributed by atoms with Crippen molar-refractivity contribution in [1.82, 2.24) is 0 Å². The van der Waals surface area contributed by atoms with Crippen molar-refractivity contribution in [1.29, 1.82) is 0 Å². The van der Waals surface area contributed by atoms with E-state index >= 15 is 0 Å². The quantitative estimate of drug-likeness (QED) is 0.301. The molecule has 0 fully saturated rings. The minimum atomic E-state index is -1.08. The highest BCUT2D eigenvalue weighted by Gasteiger charge is 2.30. The number of hydrogen-bond donors (Lipinski definition) is 0. The third kappa shape index (κ3) is 4.95. The molecule has 0 unspecified atom stereocenters. The van der Waals surface area contributed by atoms with E-state index in [-0.39, 0.29) is 37.6 Å². The fraction of sp³-hybridized carbons (Fsp3) is 0.292. The summed E-state index contributed by atoms with van der Waals surface area (Å²) in [6, 6.07) is 16.4. The molecule has 2 aromatic carbocycles. The molecule has 30 heavy (non-hydrogen) atoms. The molecule has 0 saturated heterocycles. The monoisotopic (exact) mass is 408 g/mol. The van der Waals surface area contributed by atoms with Crippen molar-refractivity contribution in [2.24, 2.45) is 5.92 Å². The first-order valence-corrected chi connectivity index (χ1v) is 9.95. The van der Waals surface area contributed by atoms with Gasteiger partial charge in [-0.3, -0.25) is 14.4 Å². The van der Waals surface area contributed by atoms with Crippen LogP contribution in [0, 0.1) is 5.92 Å². The SMILES string of the molecule is CCOC(=O)C(Cc1ccccc1CC(=O)c1cc2ccccc2o1)C(=O)OCC. The molecule has 0 aliphatic heterocycles. The lowest BCUT2D eigenvalue weighted by Crippen LogP contribution is -2.30. The van der Waals surface area contributed by atoms with Crippen molar-refractivity contribution in [2.75, 3.05) is 13.2 Å². The van der Waals surface area contributed by atoms with Crippen LogP contribution < -0.4 is 0 Å². The number of furan rings is 1. The first-order valence-electron chi connectivity index (χ1n) is 9.95. The second kappa shape index (κ2) is 9.87. The number of para-hydroxylation sites is 1. The summed E-state index contributed by atoms with van der Waals surface area (Å²) >= 11 is 0. The first kappa shape index (κ1) is 21.3. The second-order valence-corrected chi connectivity index (χ2v) is 6.78. The Morgan fingerprint density at radius 2 is 1.47 bits per heavy atom. The minimum absolute atomic E-state index is 0.0916. The Balaban J connectivity index is 1.82. The molecular weight excluding hydrogens is 384 g/mol. The maximum atomic E-state index is 12.8. The van der Waals surface area contributed by atoms with Crippen LogP contribution in [0.3, 0.4) is 0 Å². The van der Waals surface area contributed by atoms with E-state index in [0.29, 0.717) is 11.1 Å². The van der Waals surface area contributed by atoms with Crippen LogP contribution in [0.2, 0.25) is 0 Å². The van der Waals surface area contributed by atoms with Gasteiger partial charge in [0.2, 0.25) is 5.78 Å². The van der Waals surface area contributed by atoms with Gasteiger partial charge in [0, 0.05) is 11.8 Å². The average molecular weight is 408 g/mol. The lowest BCUT2D eigenvalue weighted by molar-refractivity contribution is -0.161. The molecule has 0 N–H and O–H groups in total. The zero-order valence-corrected chi connectivity index (χ0v) is 17.1. The molecule has 0 atom stereocenters. The molecule has 0 amide bonds. The van der Waals surface area contributed by atoms with Gasteiger partial charge in [-0.2, -0.15) is 0 Å². The molecule has 0 aliphatic rings. The van der Waals surface area contributed by atoms with Gasteiger partial charge in [0.1, 0.15) is 5.58 Å². The van der Waals surface area contributed by atoms with Crippen molar-refractivity contribution in [3.05, 3.63) is 71.5 Å². The van der Waals surface area contributed by atoms with E-state index in [1.807, 2.05) is 36.4 Å². The number of carbonyl (C=O) groups is 3. The molecule has 1 aromatic heterocycles. The van der Waals surface area contributed by atoms with E-state index in [1.165, 1.54) is 0 Å². The topological polar surface area (TPSA) is 82.8 Å². The van der Waals surface area contributed by atoms with Gasteiger partial charge < -0.3 is 13.9 Å². The lowest BCUT2D eigenvalue weighted by Gasteiger charge is -2.16. The molecule has 0 spiro atoms. The third-order valence-corrected chi connectivity index (χ3v) is 4.74. The molecule has 6 nitrogen and oxygen atoms in total. The summed E-state index contributed by atoms with van der Waals surface area (Å²) in [6.07, 6.45) is 0.190. The average Bonchev–Trinajstić information content (AvgIpc) is 3.18. The van der Waals surface area contributed by atoms with Crippen molar-refractivity contribution < 1.29 is 28.3 Å². The Hall–Kier alpha value is -3.41. The molecule has 0 radical (unpaired) electrons. The summed E-state index contributed by atoms with van der Waals surface area (Å²) in [4.78, 5) is 37.4. The van der Waals surface area contributed by atoms with E-state index in [4.69, 9.17) is 13.9 Å². The molecule has 0 aliphatic carbocycles. The molecule has 0 bridgehead atoms. The fourth-order valence-electron chi connectivity index (χ4n) is 3.28. The highest BCUT2D eigenvalue weighted by molar-refractivity contribution is 5.99. The van der Waals surface area contributed by atoms with E-state index in [0.717, 1.165) is 10.9 Å². The maximum Gasteiger partial charge on any atom is 0.320 e. The Bertz CT molecular complexity index is 998. The number of ketones is 1. The number of carbonyl (C=O) groups excluding carboxylic acids is 3. The molecule has 1 heterocycles. The van der Waals surface area contributed by atoms with Gasteiger partial charge in [-0.25, -0.2) is 0 Å². The summed E-state index contributed by atoms with van der Waals surface area (Å²) < 4.78 is 15.8. The van der Waals surface area contributed by atoms with Crippen molar-refractivity contribution in [2.45, 2.75) is 26.7 Å². The molecule has 3 aromatic rings. The smallest absolute Gasteiger partial charge is 0.320 e. The van der Waals surface area contributed by atoms with Gasteiger partial charge in [0.25, 0.3) is 0 Å². The number of hydrogen-bond acceptors (Lipinski definition) is 6. The molecular formula is C24H24O6. The third-order valence-electron chi connectivity index (χ3n) is 4.74. The summed E-state index contributed by atoms with van der Waals surface area (Å²) in [5, 5.41) is 0.860. The summed E-state index contributed by atoms with van der Waals surface area (Å²) in [5.41, 5.74) is 2.09. The van der Waals surface area contributed by atoms with Crippen LogP contribution in [-0.4, -0.2) is 30.9 Å². The van der Waals surface area contributed by atoms with Crippen LogP contribution >= 0.6 is 0 Å². The first-order chi connectivity index (χ1) is 14.5. The predicted octanol–water partition coefficient (Wildman–Crippen LogP) is 4.14. The Morgan fingerprint density at radius 3 is 2.10 bits per heavy atom. The van der Waals surface area contributed by atoms with Crippen LogP contribution in [0.5, 0.6) is 0 Å². The van der Waals surface area contributed by atoms with E-state index in [1.54, 1.807) is 32.0 Å². The minimum Gasteiger partial charge on any atom is -0.465 e. The standard InChI is InChI=1S/C24H24O6/c1-3-28-23(26)19(24(27)29-4-2)13-16-9-5-6-10-17(16)14-20(25)22-15-18-11-7-8-12-21(18)30-22/h5-12,15,19H,3-4,13-14H2,1-2H3. The van der Waals surface area contributed by atoms with Gasteiger partial charge in [-0.15, -0.1) is 0 Å². The molecule has 6 heteroatoms. The lowest BCUT2D eigenvalue weighted by atomic mass is 9.93. The maximum absolute atomic E-state index is 12.8. The number of ether oxygens (including phenoxy) is 2. The van der Waals surface area contributed by atoms with Crippen molar-refractivity contribution in [3.8, 4) is 0 Å². The summed E-state index contributed by atoms with van der Waals surface area (Å²) in [7, 11) is 0. The van der Waals surface area contributed by atoms with Crippen LogP contribution in [0.1, 0.15) is 35.5 Å². The van der Waals surface area contributed by atoms with Crippen LogP contribution in [0.25, 0.3) is 11.0 Å². The van der Waals surface area contributed by atoms with Gasteiger partial charge in [0.15, 0.2) is 11.7 Å².